The zero-order valence-corrected chi connectivity index (χ0v) is 17.3. The molecular weight excluding hydrogens is 380 g/mol. The second kappa shape index (κ2) is 9.05. The summed E-state index contributed by atoms with van der Waals surface area (Å²) < 4.78 is 5.21. The van der Waals surface area contributed by atoms with Crippen molar-refractivity contribution in [3.05, 3.63) is 81.7 Å². The van der Waals surface area contributed by atoms with Crippen LogP contribution in [0, 0.1) is 0 Å². The van der Waals surface area contributed by atoms with Gasteiger partial charge in [-0.15, -0.1) is 11.3 Å². The Balaban J connectivity index is 1.58. The van der Waals surface area contributed by atoms with E-state index >= 15 is 0 Å². The highest BCUT2D eigenvalue weighted by Crippen LogP contribution is 2.39. The summed E-state index contributed by atoms with van der Waals surface area (Å²) in [5.74, 6) is 0.782. The molecule has 0 radical (unpaired) electrons. The van der Waals surface area contributed by atoms with Gasteiger partial charge in [0.2, 0.25) is 0 Å². The van der Waals surface area contributed by atoms with Crippen molar-refractivity contribution in [2.24, 2.45) is 4.99 Å². The lowest BCUT2D eigenvalue weighted by molar-refractivity contribution is 0.0951. The SMILES string of the molecule is COc1ccc(/C=N/c2sc3c(c2C(=O)NCc2ccccc2)CCCC3)cc1. The average Bonchev–Trinajstić information content (AvgIpc) is 3.15. The van der Waals surface area contributed by atoms with Gasteiger partial charge in [0.1, 0.15) is 10.8 Å². The van der Waals surface area contributed by atoms with Crippen molar-refractivity contribution in [3.8, 4) is 5.75 Å². The lowest BCUT2D eigenvalue weighted by Crippen LogP contribution is -2.24. The standard InChI is InChI=1S/C24H24N2O2S/c1-28-19-13-11-18(12-14-19)16-26-24-22(20-9-5-6-10-21(20)29-24)23(27)25-15-17-7-3-2-4-8-17/h2-4,7-8,11-14,16H,5-6,9-10,15H2,1H3,(H,25,27)/b26-16+. The molecule has 1 heterocycles. The summed E-state index contributed by atoms with van der Waals surface area (Å²) in [6, 6.07) is 17.7. The first kappa shape index (κ1) is 19.4. The number of nitrogens with one attached hydrogen (secondary N) is 1. The van der Waals surface area contributed by atoms with E-state index in [4.69, 9.17) is 9.73 Å². The van der Waals surface area contributed by atoms with Crippen molar-refractivity contribution in [1.82, 2.24) is 5.32 Å². The minimum atomic E-state index is -0.0323. The Morgan fingerprint density at radius 3 is 2.62 bits per heavy atom. The number of thiophene rings is 1. The zero-order valence-electron chi connectivity index (χ0n) is 16.5. The second-order valence-electron chi connectivity index (χ2n) is 7.09. The monoisotopic (exact) mass is 404 g/mol. The second-order valence-corrected chi connectivity index (χ2v) is 8.17. The predicted octanol–water partition coefficient (Wildman–Crippen LogP) is 5.32. The van der Waals surface area contributed by atoms with E-state index in [2.05, 4.69) is 5.32 Å². The van der Waals surface area contributed by atoms with Crippen LogP contribution >= 0.6 is 11.3 Å². The van der Waals surface area contributed by atoms with Crippen LogP contribution in [0.5, 0.6) is 5.75 Å². The largest absolute Gasteiger partial charge is 0.497 e. The molecule has 0 unspecified atom stereocenters. The van der Waals surface area contributed by atoms with Crippen LogP contribution in [-0.4, -0.2) is 19.2 Å². The van der Waals surface area contributed by atoms with Gasteiger partial charge in [0.05, 0.1) is 12.7 Å². The maximum atomic E-state index is 13.1. The summed E-state index contributed by atoms with van der Waals surface area (Å²) in [6.45, 7) is 0.520. The van der Waals surface area contributed by atoms with E-state index < -0.39 is 0 Å². The summed E-state index contributed by atoms with van der Waals surface area (Å²) in [5, 5.41) is 3.89. The predicted molar refractivity (Wildman–Crippen MR) is 119 cm³/mol. The molecule has 4 nitrogen and oxygen atoms in total. The van der Waals surface area contributed by atoms with Gasteiger partial charge in [-0.2, -0.15) is 0 Å². The molecule has 1 aliphatic rings. The topological polar surface area (TPSA) is 50.7 Å². The number of fused-ring (bicyclic) bond motifs is 1. The molecule has 1 N–H and O–H groups in total. The first-order chi connectivity index (χ1) is 14.2. The van der Waals surface area contributed by atoms with E-state index in [1.165, 1.54) is 16.9 Å². The van der Waals surface area contributed by atoms with Gasteiger partial charge < -0.3 is 10.1 Å². The number of methoxy groups -OCH3 is 1. The molecule has 5 heteroatoms. The first-order valence-electron chi connectivity index (χ1n) is 9.89. The fourth-order valence-corrected chi connectivity index (χ4v) is 4.80. The fourth-order valence-electron chi connectivity index (χ4n) is 3.57. The highest BCUT2D eigenvalue weighted by Gasteiger charge is 2.25. The quantitative estimate of drug-likeness (QED) is 0.566. The van der Waals surface area contributed by atoms with Gasteiger partial charge in [-0.05, 0) is 66.6 Å². The summed E-state index contributed by atoms with van der Waals surface area (Å²) >= 11 is 1.66. The van der Waals surface area contributed by atoms with Crippen LogP contribution in [0.2, 0.25) is 0 Å². The molecule has 0 aliphatic heterocycles. The van der Waals surface area contributed by atoms with E-state index in [0.29, 0.717) is 6.54 Å². The Bertz CT molecular complexity index is 1010. The van der Waals surface area contributed by atoms with Crippen LogP contribution in [0.4, 0.5) is 5.00 Å². The molecule has 0 saturated heterocycles. The Morgan fingerprint density at radius 1 is 1.10 bits per heavy atom. The first-order valence-corrected chi connectivity index (χ1v) is 10.7. The summed E-state index contributed by atoms with van der Waals surface area (Å²) in [5.41, 5.74) is 4.01. The van der Waals surface area contributed by atoms with Crippen LogP contribution in [0.3, 0.4) is 0 Å². The van der Waals surface area contributed by atoms with Gasteiger partial charge in [0.25, 0.3) is 5.91 Å². The third-order valence-electron chi connectivity index (χ3n) is 5.12. The summed E-state index contributed by atoms with van der Waals surface area (Å²) in [4.78, 5) is 19.1. The highest BCUT2D eigenvalue weighted by atomic mass is 32.1. The molecule has 4 rings (SSSR count). The molecule has 0 bridgehead atoms. The average molecular weight is 405 g/mol. The number of hydrogen-bond acceptors (Lipinski definition) is 4. The number of aliphatic imine (C=N–C) groups is 1. The maximum absolute atomic E-state index is 13.1. The van der Waals surface area contributed by atoms with Gasteiger partial charge >= 0.3 is 0 Å². The van der Waals surface area contributed by atoms with Gasteiger partial charge in [-0.1, -0.05) is 30.3 Å². The molecular formula is C24H24N2O2S. The van der Waals surface area contributed by atoms with Gasteiger partial charge in [0, 0.05) is 17.6 Å². The lowest BCUT2D eigenvalue weighted by Gasteiger charge is -2.12. The van der Waals surface area contributed by atoms with E-state index in [1.54, 1.807) is 18.4 Å². The zero-order chi connectivity index (χ0) is 20.1. The van der Waals surface area contributed by atoms with Crippen molar-refractivity contribution in [3.63, 3.8) is 0 Å². The fraction of sp³-hybridized carbons (Fsp3) is 0.250. The molecule has 0 fully saturated rings. The molecule has 2 aromatic carbocycles. The third-order valence-corrected chi connectivity index (χ3v) is 6.32. The minimum Gasteiger partial charge on any atom is -0.497 e. The molecule has 29 heavy (non-hydrogen) atoms. The van der Waals surface area contributed by atoms with Crippen LogP contribution in [0.15, 0.2) is 59.6 Å². The van der Waals surface area contributed by atoms with Gasteiger partial charge in [0.15, 0.2) is 0 Å². The van der Waals surface area contributed by atoms with E-state index in [1.807, 2.05) is 60.8 Å². The number of benzene rings is 2. The number of nitrogens with zero attached hydrogens (tertiary/aromatic N) is 1. The number of carbonyl (C=O) groups is 1. The summed E-state index contributed by atoms with van der Waals surface area (Å²) in [6.07, 6.45) is 6.13. The number of ether oxygens (including phenoxy) is 1. The number of carbonyl (C=O) groups excluding carboxylic acids is 1. The Hall–Kier alpha value is -2.92. The summed E-state index contributed by atoms with van der Waals surface area (Å²) in [7, 11) is 1.65. The highest BCUT2D eigenvalue weighted by molar-refractivity contribution is 7.16. The number of hydrogen-bond donors (Lipinski definition) is 1. The normalized spacial score (nSPS) is 13.3. The van der Waals surface area contributed by atoms with E-state index in [9.17, 15) is 4.79 Å². The van der Waals surface area contributed by atoms with Crippen molar-refractivity contribution in [2.75, 3.05) is 7.11 Å². The van der Waals surface area contributed by atoms with Crippen molar-refractivity contribution in [1.29, 1.82) is 0 Å². The Labute approximate surface area is 175 Å². The van der Waals surface area contributed by atoms with Gasteiger partial charge in [-0.25, -0.2) is 4.99 Å². The minimum absolute atomic E-state index is 0.0323. The van der Waals surface area contributed by atoms with Crippen molar-refractivity contribution in [2.45, 2.75) is 32.2 Å². The lowest BCUT2D eigenvalue weighted by atomic mass is 9.95. The molecule has 1 aliphatic carbocycles. The van der Waals surface area contributed by atoms with Crippen LogP contribution in [-0.2, 0) is 19.4 Å². The molecule has 0 spiro atoms. The Morgan fingerprint density at radius 2 is 1.86 bits per heavy atom. The van der Waals surface area contributed by atoms with Crippen LogP contribution < -0.4 is 10.1 Å². The Kier molecular flexibility index (Phi) is 6.06. The number of amides is 1. The number of rotatable bonds is 6. The maximum Gasteiger partial charge on any atom is 0.254 e. The van der Waals surface area contributed by atoms with E-state index in [0.717, 1.165) is 46.7 Å². The molecule has 0 atom stereocenters. The smallest absolute Gasteiger partial charge is 0.254 e. The molecule has 1 amide bonds. The molecule has 148 valence electrons. The van der Waals surface area contributed by atoms with Crippen LogP contribution in [0.25, 0.3) is 0 Å². The van der Waals surface area contributed by atoms with Crippen molar-refractivity contribution < 1.29 is 9.53 Å². The van der Waals surface area contributed by atoms with E-state index in [-0.39, 0.29) is 5.91 Å². The van der Waals surface area contributed by atoms with Gasteiger partial charge in [-0.3, -0.25) is 4.79 Å². The molecule has 3 aromatic rings. The third kappa shape index (κ3) is 4.57. The molecule has 0 saturated carbocycles. The molecule has 1 aromatic heterocycles. The number of aryl methyl sites for hydroxylation is 1. The van der Waals surface area contributed by atoms with Crippen molar-refractivity contribution >= 4 is 28.5 Å². The van der Waals surface area contributed by atoms with Crippen LogP contribution in [0.1, 0.15) is 44.8 Å².